The van der Waals surface area contributed by atoms with E-state index in [0.717, 1.165) is 15.1 Å². The minimum absolute atomic E-state index is 0.0793. The highest BCUT2D eigenvalue weighted by Crippen LogP contribution is 2.27. The lowest BCUT2D eigenvalue weighted by Gasteiger charge is -2.19. The van der Waals surface area contributed by atoms with Gasteiger partial charge in [0, 0.05) is 7.05 Å². The largest absolute Gasteiger partial charge is 0.445 e. The molecule has 0 fully saturated rings. The number of hydrogen-bond acceptors (Lipinski definition) is 7. The van der Waals surface area contributed by atoms with E-state index in [9.17, 15) is 18.0 Å². The minimum atomic E-state index is -4.07. The van der Waals surface area contributed by atoms with Crippen LogP contribution in [-0.2, 0) is 32.6 Å². The SMILES string of the molecule is Cc1ccc(S(=O)(=O)n2c(CN(C)C(=O)OCc3ccccc3)cc3nc(NC(=O)OC(C)(C)C)ccc32)cc1. The Hall–Kier alpha value is -4.38. The number of ether oxygens (including phenoxy) is 2. The lowest BCUT2D eigenvalue weighted by atomic mass is 10.2. The van der Waals surface area contributed by atoms with Crippen molar-refractivity contribution in [2.45, 2.75) is 51.3 Å². The van der Waals surface area contributed by atoms with Gasteiger partial charge in [0.05, 0.1) is 28.2 Å². The highest BCUT2D eigenvalue weighted by atomic mass is 32.2. The van der Waals surface area contributed by atoms with Crippen molar-refractivity contribution in [2.24, 2.45) is 0 Å². The van der Waals surface area contributed by atoms with E-state index in [1.165, 1.54) is 30.1 Å². The van der Waals surface area contributed by atoms with E-state index in [1.54, 1.807) is 45.0 Å². The predicted octanol–water partition coefficient (Wildman–Crippen LogP) is 5.70. The lowest BCUT2D eigenvalue weighted by Crippen LogP contribution is -2.29. The summed E-state index contributed by atoms with van der Waals surface area (Å²) in [6.45, 7) is 7.10. The Labute approximate surface area is 233 Å². The number of anilines is 1. The summed E-state index contributed by atoms with van der Waals surface area (Å²) >= 11 is 0. The summed E-state index contributed by atoms with van der Waals surface area (Å²) in [5.74, 6) is 0.189. The van der Waals surface area contributed by atoms with Crippen LogP contribution in [0.5, 0.6) is 0 Å². The van der Waals surface area contributed by atoms with Crippen LogP contribution in [0.2, 0.25) is 0 Å². The second-order valence-corrected chi connectivity index (χ2v) is 12.1. The summed E-state index contributed by atoms with van der Waals surface area (Å²) in [6, 6.07) is 20.4. The maximum Gasteiger partial charge on any atom is 0.413 e. The molecule has 4 rings (SSSR count). The molecule has 11 heteroatoms. The number of fused-ring (bicyclic) bond motifs is 1. The van der Waals surface area contributed by atoms with Crippen LogP contribution in [0.25, 0.3) is 11.0 Å². The molecule has 2 amide bonds. The van der Waals surface area contributed by atoms with Crippen molar-refractivity contribution >= 4 is 39.1 Å². The molecule has 2 aromatic heterocycles. The Morgan fingerprint density at radius 2 is 1.68 bits per heavy atom. The summed E-state index contributed by atoms with van der Waals surface area (Å²) in [4.78, 5) is 30.8. The molecule has 10 nitrogen and oxygen atoms in total. The van der Waals surface area contributed by atoms with Crippen LogP contribution in [0.15, 0.2) is 77.7 Å². The molecular formula is C29H32N4O6S. The molecule has 0 saturated carbocycles. The number of nitrogens with zero attached hydrogens (tertiary/aromatic N) is 3. The average Bonchev–Trinajstić information content (AvgIpc) is 3.24. The number of nitrogens with one attached hydrogen (secondary N) is 1. The fourth-order valence-electron chi connectivity index (χ4n) is 3.94. The molecule has 2 heterocycles. The number of aryl methyl sites for hydroxylation is 1. The van der Waals surface area contributed by atoms with Gasteiger partial charge in [-0.15, -0.1) is 0 Å². The van der Waals surface area contributed by atoms with Gasteiger partial charge in [-0.05, 0) is 63.6 Å². The summed E-state index contributed by atoms with van der Waals surface area (Å²) < 4.78 is 39.5. The van der Waals surface area contributed by atoms with E-state index in [2.05, 4.69) is 10.3 Å². The molecule has 0 aliphatic heterocycles. The third-order valence-corrected chi connectivity index (χ3v) is 7.57. The van der Waals surface area contributed by atoms with Crippen molar-refractivity contribution in [3.8, 4) is 0 Å². The predicted molar refractivity (Wildman–Crippen MR) is 151 cm³/mol. The Morgan fingerprint density at radius 3 is 2.33 bits per heavy atom. The van der Waals surface area contributed by atoms with Gasteiger partial charge in [0.2, 0.25) is 0 Å². The van der Waals surface area contributed by atoms with Crippen LogP contribution >= 0.6 is 0 Å². The van der Waals surface area contributed by atoms with Crippen molar-refractivity contribution in [3.05, 3.63) is 89.6 Å². The molecule has 0 spiro atoms. The van der Waals surface area contributed by atoms with Gasteiger partial charge < -0.3 is 14.4 Å². The molecule has 210 valence electrons. The van der Waals surface area contributed by atoms with Crippen molar-refractivity contribution in [1.82, 2.24) is 13.9 Å². The zero-order valence-electron chi connectivity index (χ0n) is 23.0. The average molecular weight is 565 g/mol. The van der Waals surface area contributed by atoms with E-state index in [4.69, 9.17) is 9.47 Å². The van der Waals surface area contributed by atoms with Gasteiger partial charge in [-0.1, -0.05) is 48.0 Å². The monoisotopic (exact) mass is 564 g/mol. The maximum atomic E-state index is 13.8. The standard InChI is InChI=1S/C29H32N4O6S/c1-20-11-13-23(14-12-20)40(36,37)33-22(18-32(5)28(35)38-19-21-9-7-6-8-10-21)17-24-25(33)15-16-26(30-24)31-27(34)39-29(2,3)4/h6-17H,18-19H2,1-5H3,(H,30,31,34). The number of hydrogen-bond donors (Lipinski definition) is 1. The van der Waals surface area contributed by atoms with Gasteiger partial charge in [-0.2, -0.15) is 0 Å². The van der Waals surface area contributed by atoms with Crippen molar-refractivity contribution in [2.75, 3.05) is 12.4 Å². The number of pyridine rings is 1. The third-order valence-electron chi connectivity index (χ3n) is 5.79. The second kappa shape index (κ2) is 11.4. The normalized spacial score (nSPS) is 11.7. The van der Waals surface area contributed by atoms with Crippen LogP contribution in [-0.4, -0.2) is 47.1 Å². The Balaban J connectivity index is 1.68. The molecule has 0 unspecified atom stereocenters. The fourth-order valence-corrected chi connectivity index (χ4v) is 5.46. The van der Waals surface area contributed by atoms with Gasteiger partial charge in [0.15, 0.2) is 0 Å². The molecule has 0 aliphatic rings. The van der Waals surface area contributed by atoms with Crippen LogP contribution in [0.3, 0.4) is 0 Å². The van der Waals surface area contributed by atoms with E-state index >= 15 is 0 Å². The number of carbonyl (C=O) groups is 2. The van der Waals surface area contributed by atoms with Crippen LogP contribution in [0, 0.1) is 6.92 Å². The number of benzene rings is 2. The Morgan fingerprint density at radius 1 is 1.00 bits per heavy atom. The quantitative estimate of drug-likeness (QED) is 0.306. The Bertz CT molecular complexity index is 1630. The van der Waals surface area contributed by atoms with Crippen LogP contribution in [0.4, 0.5) is 15.4 Å². The topological polar surface area (TPSA) is 120 Å². The van der Waals surface area contributed by atoms with Crippen molar-refractivity contribution in [3.63, 3.8) is 0 Å². The fraction of sp³-hybridized carbons (Fsp3) is 0.276. The summed E-state index contributed by atoms with van der Waals surface area (Å²) in [7, 11) is -2.55. The first-order valence-corrected chi connectivity index (χ1v) is 14.0. The lowest BCUT2D eigenvalue weighted by molar-refractivity contribution is 0.0635. The van der Waals surface area contributed by atoms with E-state index in [-0.39, 0.29) is 35.1 Å². The molecule has 0 aliphatic carbocycles. The molecule has 0 atom stereocenters. The van der Waals surface area contributed by atoms with E-state index in [0.29, 0.717) is 5.52 Å². The van der Waals surface area contributed by atoms with Crippen molar-refractivity contribution in [1.29, 1.82) is 0 Å². The molecule has 2 aromatic carbocycles. The smallest absolute Gasteiger partial charge is 0.413 e. The molecule has 1 N–H and O–H groups in total. The molecular weight excluding hydrogens is 532 g/mol. The highest BCUT2D eigenvalue weighted by molar-refractivity contribution is 7.90. The molecule has 4 aromatic rings. The minimum Gasteiger partial charge on any atom is -0.445 e. The zero-order chi connectivity index (χ0) is 29.1. The maximum absolute atomic E-state index is 13.8. The first kappa shape index (κ1) is 28.6. The molecule has 0 bridgehead atoms. The molecule has 0 saturated heterocycles. The summed E-state index contributed by atoms with van der Waals surface area (Å²) in [5, 5.41) is 2.57. The van der Waals surface area contributed by atoms with Gasteiger partial charge in [0.25, 0.3) is 10.0 Å². The first-order valence-electron chi connectivity index (χ1n) is 12.6. The molecule has 0 radical (unpaired) electrons. The zero-order valence-corrected chi connectivity index (χ0v) is 23.9. The van der Waals surface area contributed by atoms with Gasteiger partial charge in [-0.3, -0.25) is 5.32 Å². The second-order valence-electron chi connectivity index (χ2n) is 10.3. The number of carbonyl (C=O) groups excluding carboxylic acids is 2. The number of aromatic nitrogens is 2. The van der Waals surface area contributed by atoms with Crippen LogP contribution < -0.4 is 5.32 Å². The Kier molecular flexibility index (Phi) is 8.15. The van der Waals surface area contributed by atoms with Crippen LogP contribution in [0.1, 0.15) is 37.6 Å². The number of rotatable bonds is 7. The van der Waals surface area contributed by atoms with Gasteiger partial charge in [0.1, 0.15) is 18.0 Å². The number of amides is 2. The van der Waals surface area contributed by atoms with E-state index in [1.807, 2.05) is 37.3 Å². The third kappa shape index (κ3) is 6.78. The first-order chi connectivity index (χ1) is 18.8. The molecule has 40 heavy (non-hydrogen) atoms. The summed E-state index contributed by atoms with van der Waals surface area (Å²) in [5.41, 5.74) is 1.93. The van der Waals surface area contributed by atoms with Gasteiger partial charge >= 0.3 is 12.2 Å². The van der Waals surface area contributed by atoms with E-state index < -0.39 is 27.8 Å². The summed E-state index contributed by atoms with van der Waals surface area (Å²) in [6.07, 6.45) is -1.30. The van der Waals surface area contributed by atoms with Crippen molar-refractivity contribution < 1.29 is 27.5 Å². The van der Waals surface area contributed by atoms with Gasteiger partial charge in [-0.25, -0.2) is 27.0 Å². The highest BCUT2D eigenvalue weighted by Gasteiger charge is 2.26.